The van der Waals surface area contributed by atoms with Crippen LogP contribution in [0.15, 0.2) is 21.4 Å². The van der Waals surface area contributed by atoms with Crippen LogP contribution in [0.3, 0.4) is 0 Å². The van der Waals surface area contributed by atoms with Crippen LogP contribution in [0.5, 0.6) is 0 Å². The van der Waals surface area contributed by atoms with E-state index in [0.717, 1.165) is 11.8 Å². The Hall–Kier alpha value is -1.25. The minimum atomic E-state index is -0.632. The van der Waals surface area contributed by atoms with Crippen molar-refractivity contribution in [3.63, 3.8) is 0 Å². The second kappa shape index (κ2) is 5.81. The summed E-state index contributed by atoms with van der Waals surface area (Å²) in [7, 11) is 3.65. The summed E-state index contributed by atoms with van der Waals surface area (Å²) in [5.74, 6) is -1.26. The quantitative estimate of drug-likeness (QED) is 0.940. The van der Waals surface area contributed by atoms with Crippen LogP contribution in [-0.2, 0) is 6.54 Å². The molecule has 0 saturated heterocycles. The van der Waals surface area contributed by atoms with E-state index in [1.807, 2.05) is 14.1 Å². The van der Waals surface area contributed by atoms with Gasteiger partial charge in [0.15, 0.2) is 4.34 Å². The monoisotopic (exact) mass is 302 g/mol. The van der Waals surface area contributed by atoms with Gasteiger partial charge in [0.05, 0.1) is 4.90 Å². The third kappa shape index (κ3) is 3.20. The van der Waals surface area contributed by atoms with Crippen molar-refractivity contribution in [3.8, 4) is 0 Å². The zero-order valence-electron chi connectivity index (χ0n) is 10.4. The largest absolute Gasteiger partial charge is 0.353 e. The van der Waals surface area contributed by atoms with E-state index in [-0.39, 0.29) is 11.4 Å². The molecule has 0 spiro atoms. The molecule has 0 fully saturated rings. The van der Waals surface area contributed by atoms with Gasteiger partial charge in [-0.2, -0.15) is 0 Å². The number of aromatic nitrogens is 2. The highest BCUT2D eigenvalue weighted by Crippen LogP contribution is 2.36. The van der Waals surface area contributed by atoms with Crippen LogP contribution in [0.25, 0.3) is 0 Å². The first-order valence-electron chi connectivity index (χ1n) is 5.38. The Labute approximate surface area is 117 Å². The van der Waals surface area contributed by atoms with Gasteiger partial charge in [0.25, 0.3) is 0 Å². The van der Waals surface area contributed by atoms with Gasteiger partial charge in [0.2, 0.25) is 5.13 Å². The highest BCUT2D eigenvalue weighted by atomic mass is 32.2. The molecule has 0 amide bonds. The van der Waals surface area contributed by atoms with Gasteiger partial charge in [-0.3, -0.25) is 0 Å². The number of nitrogens with two attached hydrogens (primary N) is 1. The summed E-state index contributed by atoms with van der Waals surface area (Å²) in [6.07, 6.45) is 0. The third-order valence-corrected chi connectivity index (χ3v) is 4.50. The van der Waals surface area contributed by atoms with E-state index in [0.29, 0.717) is 15.0 Å². The Balaban J connectivity index is 2.27. The molecule has 2 aromatic rings. The molecule has 1 aromatic carbocycles. The fourth-order valence-electron chi connectivity index (χ4n) is 1.34. The lowest BCUT2D eigenvalue weighted by Gasteiger charge is -2.05. The number of rotatable bonds is 4. The summed E-state index contributed by atoms with van der Waals surface area (Å²) in [6, 6.07) is 2.47. The van der Waals surface area contributed by atoms with Crippen LogP contribution in [-0.4, -0.2) is 24.3 Å². The molecule has 8 heteroatoms. The van der Waals surface area contributed by atoms with E-state index in [1.165, 1.54) is 23.5 Å². The van der Waals surface area contributed by atoms with E-state index in [2.05, 4.69) is 10.2 Å². The summed E-state index contributed by atoms with van der Waals surface area (Å²) < 4.78 is 28.0. The van der Waals surface area contributed by atoms with Crippen molar-refractivity contribution in [2.45, 2.75) is 15.8 Å². The Kier molecular flexibility index (Phi) is 4.33. The maximum absolute atomic E-state index is 13.8. The predicted octanol–water partition coefficient (Wildman–Crippen LogP) is 2.49. The maximum atomic E-state index is 13.8. The second-order valence-corrected chi connectivity index (χ2v) is 6.15. The third-order valence-electron chi connectivity index (χ3n) is 2.26. The molecule has 0 aliphatic heterocycles. The minimum absolute atomic E-state index is 0.0846. The molecule has 0 radical (unpaired) electrons. The Morgan fingerprint density at radius 2 is 1.89 bits per heavy atom. The molecule has 4 nitrogen and oxygen atoms in total. The standard InChI is InChI=1S/C11H12F2N4S2/c1-17(2)10-15-16-11(19-10)18-9-7(12)3-6(5-14)4-8(9)13/h3-4H,5,14H2,1-2H3. The Bertz CT molecular complexity index is 563. The van der Waals surface area contributed by atoms with Gasteiger partial charge in [-0.25, -0.2) is 8.78 Å². The lowest BCUT2D eigenvalue weighted by Crippen LogP contribution is -2.07. The van der Waals surface area contributed by atoms with Gasteiger partial charge in [-0.15, -0.1) is 10.2 Å². The van der Waals surface area contributed by atoms with Crippen LogP contribution in [0.1, 0.15) is 5.56 Å². The molecule has 1 heterocycles. The summed E-state index contributed by atoms with van der Waals surface area (Å²) in [6.45, 7) is 0.0996. The normalized spacial score (nSPS) is 10.8. The molecule has 2 rings (SSSR count). The van der Waals surface area contributed by atoms with Crippen molar-refractivity contribution in [2.24, 2.45) is 5.73 Å². The first-order chi connectivity index (χ1) is 9.01. The van der Waals surface area contributed by atoms with Crippen LogP contribution in [0.4, 0.5) is 13.9 Å². The fourth-order valence-corrected chi connectivity index (χ4v) is 3.05. The van der Waals surface area contributed by atoms with Crippen LogP contribution < -0.4 is 10.6 Å². The molecular weight excluding hydrogens is 290 g/mol. The molecule has 0 aliphatic rings. The molecule has 0 unspecified atom stereocenters. The first-order valence-corrected chi connectivity index (χ1v) is 7.01. The molecule has 0 atom stereocenters. The van der Waals surface area contributed by atoms with Crippen molar-refractivity contribution < 1.29 is 8.78 Å². The molecule has 1 aromatic heterocycles. The summed E-state index contributed by atoms with van der Waals surface area (Å²) in [4.78, 5) is 1.70. The van der Waals surface area contributed by atoms with Crippen LogP contribution >= 0.6 is 23.1 Å². The number of hydrogen-bond acceptors (Lipinski definition) is 6. The molecule has 0 bridgehead atoms. The fraction of sp³-hybridized carbons (Fsp3) is 0.273. The van der Waals surface area contributed by atoms with Gasteiger partial charge < -0.3 is 10.6 Å². The topological polar surface area (TPSA) is 55.0 Å². The van der Waals surface area contributed by atoms with E-state index in [4.69, 9.17) is 5.73 Å². The highest BCUT2D eigenvalue weighted by Gasteiger charge is 2.15. The zero-order chi connectivity index (χ0) is 14.0. The molecule has 0 saturated carbocycles. The highest BCUT2D eigenvalue weighted by molar-refractivity contribution is 8.01. The SMILES string of the molecule is CN(C)c1nnc(Sc2c(F)cc(CN)cc2F)s1. The van der Waals surface area contributed by atoms with Gasteiger partial charge in [0, 0.05) is 20.6 Å². The minimum Gasteiger partial charge on any atom is -0.353 e. The van der Waals surface area contributed by atoms with E-state index in [1.54, 1.807) is 4.90 Å². The molecule has 19 heavy (non-hydrogen) atoms. The van der Waals surface area contributed by atoms with E-state index >= 15 is 0 Å². The summed E-state index contributed by atoms with van der Waals surface area (Å²) in [5, 5.41) is 8.49. The lowest BCUT2D eigenvalue weighted by molar-refractivity contribution is 0.537. The van der Waals surface area contributed by atoms with Crippen molar-refractivity contribution in [1.29, 1.82) is 0 Å². The average molecular weight is 302 g/mol. The number of benzene rings is 1. The maximum Gasteiger partial charge on any atom is 0.208 e. The summed E-state index contributed by atoms with van der Waals surface area (Å²) >= 11 is 2.20. The second-order valence-electron chi connectivity index (χ2n) is 3.94. The van der Waals surface area contributed by atoms with Crippen molar-refractivity contribution in [3.05, 3.63) is 29.3 Å². The zero-order valence-corrected chi connectivity index (χ0v) is 12.0. The summed E-state index contributed by atoms with van der Waals surface area (Å²) in [5.41, 5.74) is 5.78. The predicted molar refractivity (Wildman–Crippen MR) is 72.6 cm³/mol. The molecular formula is C11H12F2N4S2. The number of anilines is 1. The number of halogens is 2. The Morgan fingerprint density at radius 3 is 2.37 bits per heavy atom. The number of hydrogen-bond donors (Lipinski definition) is 1. The number of nitrogens with zero attached hydrogens (tertiary/aromatic N) is 3. The van der Waals surface area contributed by atoms with Gasteiger partial charge in [0.1, 0.15) is 11.6 Å². The molecule has 2 N–H and O–H groups in total. The van der Waals surface area contributed by atoms with Gasteiger partial charge in [-0.05, 0) is 17.7 Å². The van der Waals surface area contributed by atoms with E-state index in [9.17, 15) is 8.78 Å². The van der Waals surface area contributed by atoms with E-state index < -0.39 is 11.6 Å². The molecule has 0 aliphatic carbocycles. The Morgan fingerprint density at radius 1 is 1.26 bits per heavy atom. The van der Waals surface area contributed by atoms with Crippen LogP contribution in [0, 0.1) is 11.6 Å². The van der Waals surface area contributed by atoms with Crippen LogP contribution in [0.2, 0.25) is 0 Å². The van der Waals surface area contributed by atoms with Crippen molar-refractivity contribution in [2.75, 3.05) is 19.0 Å². The van der Waals surface area contributed by atoms with Crippen molar-refractivity contribution >= 4 is 28.2 Å². The lowest BCUT2D eigenvalue weighted by atomic mass is 10.2. The van der Waals surface area contributed by atoms with Crippen molar-refractivity contribution in [1.82, 2.24) is 10.2 Å². The average Bonchev–Trinajstić information content (AvgIpc) is 2.82. The smallest absolute Gasteiger partial charge is 0.208 e. The molecule has 102 valence electrons. The first kappa shape index (κ1) is 14.2. The van der Waals surface area contributed by atoms with Gasteiger partial charge in [-0.1, -0.05) is 23.1 Å². The van der Waals surface area contributed by atoms with Gasteiger partial charge >= 0.3 is 0 Å².